The Morgan fingerprint density at radius 3 is 2.40 bits per heavy atom. The number of amides is 2. The van der Waals surface area contributed by atoms with E-state index < -0.39 is 28.9 Å². The van der Waals surface area contributed by atoms with Gasteiger partial charge < -0.3 is 14.8 Å². The number of carbonyl (C=O) groups is 2. The zero-order valence-electron chi connectivity index (χ0n) is 19.6. The van der Waals surface area contributed by atoms with Crippen LogP contribution in [0.4, 0.5) is 5.69 Å². The first-order valence-corrected chi connectivity index (χ1v) is 11.3. The summed E-state index contributed by atoms with van der Waals surface area (Å²) in [5.74, 6) is -0.607. The van der Waals surface area contributed by atoms with Crippen molar-refractivity contribution in [1.82, 2.24) is 10.7 Å². The molecule has 188 valence electrons. The molecule has 10 nitrogen and oxygen atoms in total. The van der Waals surface area contributed by atoms with Crippen LogP contribution in [0.5, 0.6) is 11.5 Å². The van der Waals surface area contributed by atoms with Gasteiger partial charge in [-0.2, -0.15) is 5.10 Å². The maximum absolute atomic E-state index is 12.7. The maximum atomic E-state index is 12.7. The molecule has 2 N–H and O–H groups in total. The summed E-state index contributed by atoms with van der Waals surface area (Å²) in [6, 6.07) is 7.98. The van der Waals surface area contributed by atoms with E-state index >= 15 is 0 Å². The number of hydrogen-bond acceptors (Lipinski definition) is 7. The van der Waals surface area contributed by atoms with E-state index in [0.717, 1.165) is 0 Å². The molecular formula is C23H26Cl2N4O6. The summed E-state index contributed by atoms with van der Waals surface area (Å²) in [4.78, 5) is 36.0. The minimum atomic E-state index is -0.945. The fraction of sp³-hybridized carbons (Fsp3) is 0.348. The second-order valence-electron chi connectivity index (χ2n) is 7.95. The zero-order chi connectivity index (χ0) is 26.1. The minimum absolute atomic E-state index is 0.0844. The van der Waals surface area contributed by atoms with Gasteiger partial charge in [0.1, 0.15) is 11.8 Å². The van der Waals surface area contributed by atoms with Crippen molar-refractivity contribution in [3.63, 3.8) is 0 Å². The SMILES string of the molecule is COc1ccc(/C=N\NC(=O)[C@@H](CC(C)C)NC(=O)[C@H](C)Oc2ccc(Cl)cc2Cl)cc1[N+](=O)[O-]. The van der Waals surface area contributed by atoms with Crippen molar-refractivity contribution >= 4 is 46.9 Å². The van der Waals surface area contributed by atoms with Gasteiger partial charge in [-0.05, 0) is 49.6 Å². The standard InChI is InChI=1S/C23H26Cl2N4O6/c1-13(2)9-18(27-22(30)14(3)35-20-8-6-16(24)11-17(20)25)23(31)28-26-12-15-5-7-21(34-4)19(10-15)29(32)33/h5-8,10-14,18H,9H2,1-4H3,(H,27,30)(H,28,31)/b26-12-/t14-,18+/m0/s1. The molecule has 0 spiro atoms. The number of nitrogens with zero attached hydrogens (tertiary/aromatic N) is 2. The topological polar surface area (TPSA) is 132 Å². The lowest BCUT2D eigenvalue weighted by Gasteiger charge is -2.22. The zero-order valence-corrected chi connectivity index (χ0v) is 21.1. The van der Waals surface area contributed by atoms with Gasteiger partial charge in [0, 0.05) is 16.7 Å². The number of ether oxygens (including phenoxy) is 2. The molecule has 2 aromatic rings. The molecule has 0 fully saturated rings. The van der Waals surface area contributed by atoms with Crippen LogP contribution in [0, 0.1) is 16.0 Å². The average Bonchev–Trinajstić information content (AvgIpc) is 2.79. The molecule has 0 aliphatic heterocycles. The number of rotatable bonds is 11. The second-order valence-corrected chi connectivity index (χ2v) is 8.79. The van der Waals surface area contributed by atoms with Gasteiger partial charge in [0.2, 0.25) is 0 Å². The van der Waals surface area contributed by atoms with Crippen molar-refractivity contribution in [3.8, 4) is 11.5 Å². The number of carbonyl (C=O) groups excluding carboxylic acids is 2. The molecule has 0 saturated carbocycles. The third-order valence-corrected chi connectivity index (χ3v) is 5.23. The normalized spacial score (nSPS) is 12.8. The van der Waals surface area contributed by atoms with Crippen LogP contribution in [0.2, 0.25) is 10.0 Å². The summed E-state index contributed by atoms with van der Waals surface area (Å²) in [5.41, 5.74) is 2.51. The molecule has 0 aliphatic carbocycles. The van der Waals surface area contributed by atoms with Crippen molar-refractivity contribution in [2.75, 3.05) is 7.11 Å². The first kappa shape index (κ1) is 27.9. The third kappa shape index (κ3) is 8.41. The van der Waals surface area contributed by atoms with E-state index in [4.69, 9.17) is 32.7 Å². The molecule has 12 heteroatoms. The number of methoxy groups -OCH3 is 1. The first-order valence-electron chi connectivity index (χ1n) is 10.6. The van der Waals surface area contributed by atoms with Gasteiger partial charge in [-0.15, -0.1) is 0 Å². The lowest BCUT2D eigenvalue weighted by atomic mass is 10.0. The van der Waals surface area contributed by atoms with Gasteiger partial charge in [-0.1, -0.05) is 37.0 Å². The monoisotopic (exact) mass is 524 g/mol. The van der Waals surface area contributed by atoms with E-state index in [0.29, 0.717) is 17.0 Å². The summed E-state index contributed by atoms with van der Waals surface area (Å²) >= 11 is 12.0. The molecule has 2 rings (SSSR count). The Bertz CT molecular complexity index is 1110. The van der Waals surface area contributed by atoms with Crippen LogP contribution < -0.4 is 20.2 Å². The van der Waals surface area contributed by atoms with Gasteiger partial charge in [0.05, 0.1) is 23.3 Å². The Balaban J connectivity index is 2.05. The summed E-state index contributed by atoms with van der Waals surface area (Å²) in [7, 11) is 1.33. The molecule has 2 atom stereocenters. The van der Waals surface area contributed by atoms with Crippen LogP contribution >= 0.6 is 23.2 Å². The Morgan fingerprint density at radius 2 is 1.80 bits per heavy atom. The number of nitro benzene ring substituents is 1. The molecule has 0 saturated heterocycles. The first-order chi connectivity index (χ1) is 16.5. The van der Waals surface area contributed by atoms with Gasteiger partial charge in [-0.25, -0.2) is 5.43 Å². The van der Waals surface area contributed by atoms with Crippen LogP contribution in [0.3, 0.4) is 0 Å². The van der Waals surface area contributed by atoms with E-state index in [-0.39, 0.29) is 28.1 Å². The highest BCUT2D eigenvalue weighted by molar-refractivity contribution is 6.35. The van der Waals surface area contributed by atoms with Crippen LogP contribution in [-0.4, -0.2) is 42.2 Å². The van der Waals surface area contributed by atoms with Crippen molar-refractivity contribution in [3.05, 3.63) is 62.1 Å². The van der Waals surface area contributed by atoms with E-state index in [2.05, 4.69) is 15.8 Å². The predicted molar refractivity (Wildman–Crippen MR) is 133 cm³/mol. The summed E-state index contributed by atoms with van der Waals surface area (Å²) in [6.07, 6.45) is 0.655. The lowest BCUT2D eigenvalue weighted by Crippen LogP contribution is -2.49. The Labute approximate surface area is 212 Å². The van der Waals surface area contributed by atoms with E-state index in [1.165, 1.54) is 38.4 Å². The second kappa shape index (κ2) is 12.9. The minimum Gasteiger partial charge on any atom is -0.490 e. The smallest absolute Gasteiger partial charge is 0.311 e. The number of nitrogens with one attached hydrogen (secondary N) is 2. The molecule has 2 amide bonds. The van der Waals surface area contributed by atoms with Crippen molar-refractivity contribution < 1.29 is 24.0 Å². The number of halogens is 2. The van der Waals surface area contributed by atoms with Crippen LogP contribution in [0.25, 0.3) is 0 Å². The van der Waals surface area contributed by atoms with Gasteiger partial charge >= 0.3 is 5.69 Å². The fourth-order valence-electron chi connectivity index (χ4n) is 2.99. The summed E-state index contributed by atoms with van der Waals surface area (Å²) in [5, 5.41) is 18.4. The van der Waals surface area contributed by atoms with E-state index in [1.54, 1.807) is 18.2 Å². The molecule has 0 radical (unpaired) electrons. The summed E-state index contributed by atoms with van der Waals surface area (Å²) in [6.45, 7) is 5.33. The largest absolute Gasteiger partial charge is 0.490 e. The van der Waals surface area contributed by atoms with E-state index in [1.807, 2.05) is 13.8 Å². The molecule has 0 heterocycles. The summed E-state index contributed by atoms with van der Waals surface area (Å²) < 4.78 is 10.6. The Kier molecular flexibility index (Phi) is 10.3. The molecular weight excluding hydrogens is 499 g/mol. The Morgan fingerprint density at radius 1 is 1.11 bits per heavy atom. The molecule has 0 unspecified atom stereocenters. The highest BCUT2D eigenvalue weighted by atomic mass is 35.5. The Hall–Kier alpha value is -3.37. The molecule has 35 heavy (non-hydrogen) atoms. The number of benzene rings is 2. The highest BCUT2D eigenvalue weighted by Gasteiger charge is 2.25. The lowest BCUT2D eigenvalue weighted by molar-refractivity contribution is -0.385. The number of hydrogen-bond donors (Lipinski definition) is 2. The van der Waals surface area contributed by atoms with Crippen molar-refractivity contribution in [2.24, 2.45) is 11.0 Å². The molecule has 0 aromatic heterocycles. The van der Waals surface area contributed by atoms with E-state index in [9.17, 15) is 19.7 Å². The van der Waals surface area contributed by atoms with Crippen molar-refractivity contribution in [2.45, 2.75) is 39.3 Å². The van der Waals surface area contributed by atoms with Gasteiger partial charge in [0.15, 0.2) is 11.9 Å². The number of nitro groups is 1. The third-order valence-electron chi connectivity index (χ3n) is 4.69. The van der Waals surface area contributed by atoms with Gasteiger partial charge in [0.25, 0.3) is 11.8 Å². The molecule has 2 aromatic carbocycles. The predicted octanol–water partition coefficient (Wildman–Crippen LogP) is 4.36. The highest BCUT2D eigenvalue weighted by Crippen LogP contribution is 2.28. The molecule has 0 bridgehead atoms. The fourth-order valence-corrected chi connectivity index (χ4v) is 3.44. The van der Waals surface area contributed by atoms with Crippen LogP contribution in [0.1, 0.15) is 32.8 Å². The van der Waals surface area contributed by atoms with Gasteiger partial charge in [-0.3, -0.25) is 19.7 Å². The maximum Gasteiger partial charge on any atom is 0.311 e. The average molecular weight is 525 g/mol. The van der Waals surface area contributed by atoms with Crippen LogP contribution in [-0.2, 0) is 9.59 Å². The molecule has 0 aliphatic rings. The van der Waals surface area contributed by atoms with Crippen molar-refractivity contribution in [1.29, 1.82) is 0 Å². The van der Waals surface area contributed by atoms with Crippen LogP contribution in [0.15, 0.2) is 41.5 Å². The number of hydrazone groups is 1. The quantitative estimate of drug-likeness (QED) is 0.255.